The predicted molar refractivity (Wildman–Crippen MR) is 118 cm³/mol. The van der Waals surface area contributed by atoms with E-state index in [2.05, 4.69) is 5.32 Å². The molecule has 1 amide bonds. The lowest BCUT2D eigenvalue weighted by molar-refractivity contribution is -0.384. The molecule has 0 fully saturated rings. The number of nitro groups is 1. The number of anilines is 1. The first-order valence-corrected chi connectivity index (χ1v) is 9.48. The maximum Gasteiger partial charge on any atom is 0.271 e. The number of ether oxygens (including phenoxy) is 1. The second kappa shape index (κ2) is 10.00. The summed E-state index contributed by atoms with van der Waals surface area (Å²) in [6.45, 7) is 0. The average Bonchev–Trinajstić information content (AvgIpc) is 2.78. The highest BCUT2D eigenvalue weighted by atomic mass is 19.1. The first kappa shape index (κ1) is 22.2. The minimum atomic E-state index is -0.708. The van der Waals surface area contributed by atoms with Gasteiger partial charge in [0.2, 0.25) is 0 Å². The molecule has 7 nitrogen and oxygen atoms in total. The van der Waals surface area contributed by atoms with Crippen LogP contribution in [0.1, 0.15) is 16.7 Å². The van der Waals surface area contributed by atoms with E-state index in [0.717, 1.165) is 5.56 Å². The smallest absolute Gasteiger partial charge is 0.271 e. The van der Waals surface area contributed by atoms with Crippen molar-refractivity contribution >= 4 is 23.4 Å². The summed E-state index contributed by atoms with van der Waals surface area (Å²) in [5.74, 6) is -0.495. The van der Waals surface area contributed by atoms with E-state index in [0.29, 0.717) is 23.3 Å². The molecule has 0 saturated heterocycles. The number of non-ortho nitro benzene ring substituents is 1. The normalized spacial score (nSPS) is 10.8. The summed E-state index contributed by atoms with van der Waals surface area (Å²) in [5.41, 5.74) is 1.85. The van der Waals surface area contributed by atoms with Crippen LogP contribution in [-0.4, -0.2) is 17.9 Å². The van der Waals surface area contributed by atoms with Crippen molar-refractivity contribution in [3.63, 3.8) is 0 Å². The Kier molecular flexibility index (Phi) is 6.93. The van der Waals surface area contributed by atoms with Crippen molar-refractivity contribution in [2.45, 2.75) is 6.42 Å². The number of halogens is 1. The van der Waals surface area contributed by atoms with Crippen LogP contribution < -0.4 is 10.1 Å². The summed E-state index contributed by atoms with van der Waals surface area (Å²) < 4.78 is 18.9. The number of nitrogens with zero attached hydrogens (tertiary/aromatic N) is 2. The lowest BCUT2D eigenvalue weighted by Gasteiger charge is -2.10. The molecule has 3 aromatic rings. The molecule has 0 bridgehead atoms. The van der Waals surface area contributed by atoms with E-state index in [1.165, 1.54) is 49.6 Å². The monoisotopic (exact) mass is 431 g/mol. The minimum Gasteiger partial charge on any atom is -0.497 e. The molecule has 160 valence electrons. The number of benzene rings is 3. The number of amides is 1. The Hall–Kier alpha value is -4.51. The van der Waals surface area contributed by atoms with Gasteiger partial charge >= 0.3 is 0 Å². The molecule has 1 N–H and O–H groups in total. The number of nitro benzene ring substituents is 1. The van der Waals surface area contributed by atoms with Gasteiger partial charge in [-0.2, -0.15) is 5.26 Å². The van der Waals surface area contributed by atoms with Gasteiger partial charge in [0.1, 0.15) is 23.2 Å². The Morgan fingerprint density at radius 2 is 1.97 bits per heavy atom. The van der Waals surface area contributed by atoms with Crippen LogP contribution in [-0.2, 0) is 11.2 Å². The van der Waals surface area contributed by atoms with Crippen molar-refractivity contribution < 1.29 is 18.8 Å². The van der Waals surface area contributed by atoms with E-state index in [9.17, 15) is 24.6 Å². The van der Waals surface area contributed by atoms with Gasteiger partial charge in [0.25, 0.3) is 11.6 Å². The fraction of sp³-hybridized carbons (Fsp3) is 0.0833. The number of hydrogen-bond acceptors (Lipinski definition) is 5. The molecule has 0 heterocycles. The third kappa shape index (κ3) is 5.55. The summed E-state index contributed by atoms with van der Waals surface area (Å²) in [4.78, 5) is 23.0. The third-order valence-electron chi connectivity index (χ3n) is 4.61. The van der Waals surface area contributed by atoms with Crippen molar-refractivity contribution in [1.29, 1.82) is 5.26 Å². The van der Waals surface area contributed by atoms with Crippen LogP contribution in [0.25, 0.3) is 6.08 Å². The van der Waals surface area contributed by atoms with Gasteiger partial charge in [-0.1, -0.05) is 24.3 Å². The van der Waals surface area contributed by atoms with Crippen LogP contribution in [0.4, 0.5) is 15.8 Å². The molecule has 0 unspecified atom stereocenters. The highest BCUT2D eigenvalue weighted by Gasteiger charge is 2.14. The molecule has 0 aliphatic heterocycles. The van der Waals surface area contributed by atoms with Crippen LogP contribution >= 0.6 is 0 Å². The van der Waals surface area contributed by atoms with Crippen LogP contribution in [0, 0.1) is 27.3 Å². The molecule has 0 radical (unpaired) electrons. The van der Waals surface area contributed by atoms with Gasteiger partial charge in [-0.15, -0.1) is 0 Å². The third-order valence-corrected chi connectivity index (χ3v) is 4.61. The van der Waals surface area contributed by atoms with Gasteiger partial charge in [-0.3, -0.25) is 14.9 Å². The highest BCUT2D eigenvalue weighted by molar-refractivity contribution is 6.09. The van der Waals surface area contributed by atoms with Crippen molar-refractivity contribution in [1.82, 2.24) is 0 Å². The fourth-order valence-corrected chi connectivity index (χ4v) is 3.07. The van der Waals surface area contributed by atoms with E-state index in [4.69, 9.17) is 4.74 Å². The lowest BCUT2D eigenvalue weighted by atomic mass is 9.97. The van der Waals surface area contributed by atoms with Gasteiger partial charge in [0.05, 0.1) is 12.0 Å². The largest absolute Gasteiger partial charge is 0.497 e. The maximum atomic E-state index is 13.6. The Bertz CT molecular complexity index is 1250. The molecular formula is C24H18FN3O4. The Balaban J connectivity index is 1.92. The maximum absolute atomic E-state index is 13.6. The van der Waals surface area contributed by atoms with Crippen molar-refractivity contribution in [3.05, 3.63) is 105 Å². The average molecular weight is 431 g/mol. The van der Waals surface area contributed by atoms with Gasteiger partial charge in [-0.25, -0.2) is 4.39 Å². The van der Waals surface area contributed by atoms with Crippen molar-refractivity contribution in [2.24, 2.45) is 0 Å². The van der Waals surface area contributed by atoms with Crippen molar-refractivity contribution in [2.75, 3.05) is 12.4 Å². The predicted octanol–water partition coefficient (Wildman–Crippen LogP) is 4.88. The number of hydrogen-bond donors (Lipinski definition) is 1. The molecule has 0 aromatic heterocycles. The van der Waals surface area contributed by atoms with E-state index < -0.39 is 10.8 Å². The highest BCUT2D eigenvalue weighted by Crippen LogP contribution is 2.24. The van der Waals surface area contributed by atoms with Crippen LogP contribution in [0.3, 0.4) is 0 Å². The number of rotatable bonds is 7. The van der Waals surface area contributed by atoms with Gasteiger partial charge < -0.3 is 10.1 Å². The molecule has 0 saturated carbocycles. The molecule has 0 spiro atoms. The SMILES string of the molecule is COc1ccc(/C=C(\C#N)C(=O)Nc2cccc([N+](=O)[O-])c2)c(Cc2cccc(F)c2)c1. The summed E-state index contributed by atoms with van der Waals surface area (Å²) in [6.07, 6.45) is 1.77. The minimum absolute atomic E-state index is 0.183. The number of carbonyl (C=O) groups is 1. The molecule has 3 rings (SSSR count). The molecular weight excluding hydrogens is 413 g/mol. The quantitative estimate of drug-likeness (QED) is 0.248. The molecule has 8 heteroatoms. The number of carbonyl (C=O) groups excluding carboxylic acids is 1. The summed E-state index contributed by atoms with van der Waals surface area (Å²) in [5, 5.41) is 23.0. The zero-order valence-corrected chi connectivity index (χ0v) is 17.0. The Labute approximate surface area is 183 Å². The molecule has 3 aromatic carbocycles. The first-order valence-electron chi connectivity index (χ1n) is 9.48. The van der Waals surface area contributed by atoms with Gasteiger partial charge in [-0.05, 0) is 59.5 Å². The van der Waals surface area contributed by atoms with E-state index in [-0.39, 0.29) is 22.8 Å². The fourth-order valence-electron chi connectivity index (χ4n) is 3.07. The van der Waals surface area contributed by atoms with E-state index in [1.54, 1.807) is 30.3 Å². The summed E-state index contributed by atoms with van der Waals surface area (Å²) in [6, 6.07) is 18.6. The number of nitrogens with one attached hydrogen (secondary N) is 1. The summed E-state index contributed by atoms with van der Waals surface area (Å²) in [7, 11) is 1.52. The summed E-state index contributed by atoms with van der Waals surface area (Å²) >= 11 is 0. The second-order valence-corrected chi connectivity index (χ2v) is 6.80. The van der Waals surface area contributed by atoms with E-state index in [1.807, 2.05) is 6.07 Å². The van der Waals surface area contributed by atoms with Crippen molar-refractivity contribution in [3.8, 4) is 11.8 Å². The van der Waals surface area contributed by atoms with Gasteiger partial charge in [0.15, 0.2) is 0 Å². The van der Waals surface area contributed by atoms with Crippen LogP contribution in [0.5, 0.6) is 5.75 Å². The molecule has 32 heavy (non-hydrogen) atoms. The standard InChI is InChI=1S/C24H18FN3O4/c1-32-23-9-8-17(18(13-23)10-16-4-2-5-20(25)11-16)12-19(15-26)24(29)27-21-6-3-7-22(14-21)28(30)31/h2-9,11-14H,10H2,1H3,(H,27,29)/b19-12+. The topological polar surface area (TPSA) is 105 Å². The first-order chi connectivity index (χ1) is 15.4. The Morgan fingerprint density at radius 1 is 1.19 bits per heavy atom. The molecule has 0 atom stereocenters. The zero-order valence-electron chi connectivity index (χ0n) is 17.0. The molecule has 0 aliphatic carbocycles. The second-order valence-electron chi connectivity index (χ2n) is 6.80. The van der Waals surface area contributed by atoms with Crippen LogP contribution in [0.15, 0.2) is 72.3 Å². The van der Waals surface area contributed by atoms with Gasteiger partial charge in [0, 0.05) is 17.8 Å². The Morgan fingerprint density at radius 3 is 2.66 bits per heavy atom. The molecule has 0 aliphatic rings. The number of methoxy groups -OCH3 is 1. The van der Waals surface area contributed by atoms with E-state index >= 15 is 0 Å². The zero-order chi connectivity index (χ0) is 23.1. The number of nitriles is 1. The van der Waals surface area contributed by atoms with Crippen LogP contribution in [0.2, 0.25) is 0 Å². The lowest BCUT2D eigenvalue weighted by Crippen LogP contribution is -2.13.